The summed E-state index contributed by atoms with van der Waals surface area (Å²) in [5.41, 5.74) is 4.06. The number of hydrogen-bond donors (Lipinski definition) is 1. The van der Waals surface area contributed by atoms with Crippen LogP contribution in [0.25, 0.3) is 6.08 Å². The molecule has 39 heavy (non-hydrogen) atoms. The number of urea groups is 1. The number of carbonyl (C=O) groups is 3. The lowest BCUT2D eigenvalue weighted by molar-refractivity contribution is -0.122. The Hall–Kier alpha value is -4.59. The smallest absolute Gasteiger partial charge is 0.335 e. The van der Waals surface area contributed by atoms with Gasteiger partial charge < -0.3 is 14.2 Å². The van der Waals surface area contributed by atoms with Gasteiger partial charge in [-0.3, -0.25) is 14.9 Å². The molecule has 1 N–H and O–H groups in total. The fourth-order valence-electron chi connectivity index (χ4n) is 4.29. The third-order valence-electron chi connectivity index (χ3n) is 5.92. The van der Waals surface area contributed by atoms with Crippen molar-refractivity contribution in [1.82, 2.24) is 5.32 Å². The molecule has 4 amide bonds. The normalized spacial score (nSPS) is 14.4. The minimum atomic E-state index is -0.811. The van der Waals surface area contributed by atoms with Gasteiger partial charge in [0.2, 0.25) is 0 Å². The van der Waals surface area contributed by atoms with E-state index in [0.717, 1.165) is 28.0 Å². The number of anilines is 1. The van der Waals surface area contributed by atoms with E-state index in [-0.39, 0.29) is 5.57 Å². The van der Waals surface area contributed by atoms with Crippen molar-refractivity contribution in [3.8, 4) is 17.2 Å². The van der Waals surface area contributed by atoms with Gasteiger partial charge in [-0.05, 0) is 80.8 Å². The Morgan fingerprint density at radius 3 is 2.21 bits per heavy atom. The van der Waals surface area contributed by atoms with E-state index in [0.29, 0.717) is 48.3 Å². The fraction of sp³-hybridized carbons (Fsp3) is 0.258. The number of rotatable bonds is 10. The molecule has 0 atom stereocenters. The Morgan fingerprint density at radius 2 is 1.54 bits per heavy atom. The summed E-state index contributed by atoms with van der Waals surface area (Å²) in [5.74, 6) is 0.159. The first-order valence-electron chi connectivity index (χ1n) is 12.9. The number of nitrogens with one attached hydrogen (secondary N) is 1. The number of benzene rings is 3. The van der Waals surface area contributed by atoms with Crippen molar-refractivity contribution in [1.29, 1.82) is 0 Å². The molecule has 8 nitrogen and oxygen atoms in total. The fourth-order valence-corrected chi connectivity index (χ4v) is 4.29. The van der Waals surface area contributed by atoms with Crippen LogP contribution in [-0.4, -0.2) is 31.1 Å². The lowest BCUT2D eigenvalue weighted by Gasteiger charge is -2.26. The Balaban J connectivity index is 1.57. The first kappa shape index (κ1) is 27.4. The highest BCUT2D eigenvalue weighted by molar-refractivity contribution is 6.39. The van der Waals surface area contributed by atoms with Crippen molar-refractivity contribution in [2.75, 3.05) is 18.1 Å². The minimum Gasteiger partial charge on any atom is -0.494 e. The van der Waals surface area contributed by atoms with Crippen LogP contribution in [0.5, 0.6) is 17.2 Å². The molecule has 0 aromatic heterocycles. The van der Waals surface area contributed by atoms with Crippen LogP contribution in [0.15, 0.2) is 66.2 Å². The van der Waals surface area contributed by atoms with E-state index in [9.17, 15) is 14.4 Å². The van der Waals surface area contributed by atoms with E-state index in [1.807, 2.05) is 27.7 Å². The monoisotopic (exact) mass is 528 g/mol. The Morgan fingerprint density at radius 1 is 0.821 bits per heavy atom. The average molecular weight is 529 g/mol. The van der Waals surface area contributed by atoms with Crippen LogP contribution in [0.4, 0.5) is 10.5 Å². The van der Waals surface area contributed by atoms with Gasteiger partial charge >= 0.3 is 6.03 Å². The third-order valence-corrected chi connectivity index (χ3v) is 5.92. The van der Waals surface area contributed by atoms with E-state index < -0.39 is 17.8 Å². The Labute approximate surface area is 228 Å². The lowest BCUT2D eigenvalue weighted by Crippen LogP contribution is -2.54. The molecule has 1 aliphatic rings. The van der Waals surface area contributed by atoms with Crippen molar-refractivity contribution >= 4 is 29.6 Å². The average Bonchev–Trinajstić information content (AvgIpc) is 2.89. The van der Waals surface area contributed by atoms with Crippen molar-refractivity contribution in [3.05, 3.63) is 88.5 Å². The van der Waals surface area contributed by atoms with Gasteiger partial charge in [0.15, 0.2) is 11.5 Å². The molecule has 0 bridgehead atoms. The highest BCUT2D eigenvalue weighted by atomic mass is 16.5. The summed E-state index contributed by atoms with van der Waals surface area (Å²) >= 11 is 0. The molecule has 3 aromatic rings. The number of aryl methyl sites for hydroxylation is 2. The van der Waals surface area contributed by atoms with Gasteiger partial charge in [-0.1, -0.05) is 42.3 Å². The summed E-state index contributed by atoms with van der Waals surface area (Å²) in [7, 11) is 0. The van der Waals surface area contributed by atoms with E-state index in [4.69, 9.17) is 14.2 Å². The first-order valence-corrected chi connectivity index (χ1v) is 12.9. The summed E-state index contributed by atoms with van der Waals surface area (Å²) in [6.07, 6.45) is 2.29. The van der Waals surface area contributed by atoms with Crippen molar-refractivity contribution in [2.45, 2.75) is 40.7 Å². The molecule has 1 heterocycles. The van der Waals surface area contributed by atoms with Gasteiger partial charge in [-0.15, -0.1) is 0 Å². The second-order valence-electron chi connectivity index (χ2n) is 9.22. The second-order valence-corrected chi connectivity index (χ2v) is 9.22. The maximum atomic E-state index is 13.3. The van der Waals surface area contributed by atoms with Gasteiger partial charge in [0, 0.05) is 0 Å². The Kier molecular flexibility index (Phi) is 8.66. The molecule has 1 fully saturated rings. The standard InChI is InChI=1S/C31H32N2O6/c1-5-13-38-25-10-8-24(9-11-25)33-30(35)26(29(34)32-31(33)36)17-22-7-12-27(28(18-22)37-6-2)39-19-23-15-20(3)14-21(4)16-23/h7-12,14-18H,5-6,13,19H2,1-4H3,(H,32,34,36)/b26-17-. The predicted molar refractivity (Wildman–Crippen MR) is 149 cm³/mol. The predicted octanol–water partition coefficient (Wildman–Crippen LogP) is 5.74. The van der Waals surface area contributed by atoms with E-state index in [2.05, 4.69) is 23.5 Å². The van der Waals surface area contributed by atoms with Crippen LogP contribution in [0.2, 0.25) is 0 Å². The van der Waals surface area contributed by atoms with Gasteiger partial charge in [0.25, 0.3) is 11.8 Å². The van der Waals surface area contributed by atoms with Gasteiger partial charge in [-0.2, -0.15) is 0 Å². The van der Waals surface area contributed by atoms with E-state index >= 15 is 0 Å². The van der Waals surface area contributed by atoms with Gasteiger partial charge in [0.05, 0.1) is 18.9 Å². The second kappa shape index (κ2) is 12.3. The zero-order valence-corrected chi connectivity index (χ0v) is 22.6. The number of hydrogen-bond acceptors (Lipinski definition) is 6. The van der Waals surface area contributed by atoms with E-state index in [1.54, 1.807) is 42.5 Å². The van der Waals surface area contributed by atoms with Crippen LogP contribution in [0, 0.1) is 13.8 Å². The van der Waals surface area contributed by atoms with Crippen LogP contribution < -0.4 is 24.4 Å². The topological polar surface area (TPSA) is 94.2 Å². The number of barbiturate groups is 1. The molecule has 0 spiro atoms. The largest absolute Gasteiger partial charge is 0.494 e. The molecular formula is C31H32N2O6. The summed E-state index contributed by atoms with van der Waals surface area (Å²) in [4.78, 5) is 39.4. The summed E-state index contributed by atoms with van der Waals surface area (Å²) in [6.45, 7) is 9.27. The zero-order chi connectivity index (χ0) is 27.9. The lowest BCUT2D eigenvalue weighted by atomic mass is 10.1. The number of nitrogens with zero attached hydrogens (tertiary/aromatic N) is 1. The molecule has 0 radical (unpaired) electrons. The molecule has 4 rings (SSSR count). The number of carbonyl (C=O) groups excluding carboxylic acids is 3. The molecule has 0 aliphatic carbocycles. The number of amides is 4. The first-order chi connectivity index (χ1) is 18.8. The van der Waals surface area contributed by atoms with Crippen LogP contribution in [0.3, 0.4) is 0 Å². The molecule has 8 heteroatoms. The SMILES string of the molecule is CCCOc1ccc(N2C(=O)NC(=O)/C(=C/c3ccc(OCc4cc(C)cc(C)c4)c(OCC)c3)C2=O)cc1. The van der Waals surface area contributed by atoms with Gasteiger partial charge in [0.1, 0.15) is 17.9 Å². The maximum Gasteiger partial charge on any atom is 0.335 e. The molecule has 0 unspecified atom stereocenters. The number of ether oxygens (including phenoxy) is 3. The van der Waals surface area contributed by atoms with E-state index in [1.165, 1.54) is 6.08 Å². The van der Waals surface area contributed by atoms with Crippen molar-refractivity contribution in [3.63, 3.8) is 0 Å². The highest BCUT2D eigenvalue weighted by Gasteiger charge is 2.36. The molecule has 1 saturated heterocycles. The van der Waals surface area contributed by atoms with Crippen LogP contribution in [-0.2, 0) is 16.2 Å². The molecule has 1 aliphatic heterocycles. The Bertz CT molecular complexity index is 1390. The summed E-state index contributed by atoms with van der Waals surface area (Å²) in [5, 5.41) is 2.25. The summed E-state index contributed by atoms with van der Waals surface area (Å²) < 4.78 is 17.4. The van der Waals surface area contributed by atoms with Crippen molar-refractivity contribution < 1.29 is 28.6 Å². The molecule has 0 saturated carbocycles. The van der Waals surface area contributed by atoms with Crippen LogP contribution in [0.1, 0.15) is 42.5 Å². The quantitative estimate of drug-likeness (QED) is 0.267. The van der Waals surface area contributed by atoms with Gasteiger partial charge in [-0.25, -0.2) is 9.69 Å². The highest BCUT2D eigenvalue weighted by Crippen LogP contribution is 2.31. The molecule has 202 valence electrons. The van der Waals surface area contributed by atoms with Crippen LogP contribution >= 0.6 is 0 Å². The summed E-state index contributed by atoms with van der Waals surface area (Å²) in [6, 6.07) is 17.2. The molecule has 3 aromatic carbocycles. The zero-order valence-electron chi connectivity index (χ0n) is 22.6. The molecular weight excluding hydrogens is 496 g/mol. The number of imide groups is 2. The minimum absolute atomic E-state index is 0.174. The van der Waals surface area contributed by atoms with Crippen molar-refractivity contribution in [2.24, 2.45) is 0 Å². The maximum absolute atomic E-state index is 13.3. The third kappa shape index (κ3) is 6.65.